The van der Waals surface area contributed by atoms with Crippen molar-refractivity contribution in [1.29, 1.82) is 5.26 Å². The minimum Gasteiger partial charge on any atom is -0.268 e. The smallest absolute Gasteiger partial charge is 0.268 e. The minimum absolute atomic E-state index is 0.0313. The Balaban J connectivity index is 2.25. The van der Waals surface area contributed by atoms with Crippen LogP contribution in [0.25, 0.3) is 22.4 Å². The molecule has 28 heavy (non-hydrogen) atoms. The number of pyridine rings is 2. The highest BCUT2D eigenvalue weighted by Gasteiger charge is 2.18. The van der Waals surface area contributed by atoms with Crippen LogP contribution in [0, 0.1) is 28.4 Å². The molecule has 0 unspecified atom stereocenters. The number of nitro benzene ring substituents is 1. The molecule has 0 aliphatic carbocycles. The van der Waals surface area contributed by atoms with Crippen LogP contribution in [0.2, 0.25) is 0 Å². The molecule has 1 aromatic carbocycles. The molecule has 0 radical (unpaired) electrons. The average Bonchev–Trinajstić information content (AvgIpc) is 2.69. The molecule has 0 amide bonds. The van der Waals surface area contributed by atoms with Gasteiger partial charge in [0.25, 0.3) is 16.8 Å². The lowest BCUT2D eigenvalue weighted by molar-refractivity contribution is -0.384. The molecular weight excluding hydrogens is 362 g/mol. The SMILES string of the molecule is Cc1cccn2c(=O)c3cc(C#N)c(=O)n(-c4cccc([N+](=O)[O-])c4)c3nc12. The highest BCUT2D eigenvalue weighted by Crippen LogP contribution is 2.20. The van der Waals surface area contributed by atoms with Gasteiger partial charge in [0.05, 0.1) is 16.0 Å². The van der Waals surface area contributed by atoms with E-state index in [1.54, 1.807) is 31.3 Å². The zero-order valence-corrected chi connectivity index (χ0v) is 14.5. The van der Waals surface area contributed by atoms with Crippen LogP contribution in [0.1, 0.15) is 11.1 Å². The van der Waals surface area contributed by atoms with Crippen molar-refractivity contribution in [3.63, 3.8) is 0 Å². The zero-order valence-electron chi connectivity index (χ0n) is 14.5. The first-order valence-electron chi connectivity index (χ1n) is 8.15. The maximum atomic E-state index is 13.0. The number of nitro groups is 1. The third-order valence-electron chi connectivity index (χ3n) is 4.42. The van der Waals surface area contributed by atoms with Gasteiger partial charge in [0.1, 0.15) is 17.3 Å². The van der Waals surface area contributed by atoms with Crippen molar-refractivity contribution >= 4 is 22.4 Å². The standard InChI is InChI=1S/C19H11N5O4/c1-11-4-3-7-22-16(11)21-17-15(19(22)26)8-12(10-20)18(25)23(17)13-5-2-6-14(9-13)24(27)28/h2-9H,1H3. The molecule has 136 valence electrons. The zero-order chi connectivity index (χ0) is 20.0. The van der Waals surface area contributed by atoms with Gasteiger partial charge in [-0.3, -0.25) is 28.7 Å². The Morgan fingerprint density at radius 2 is 1.89 bits per heavy atom. The molecule has 0 saturated carbocycles. The molecule has 0 saturated heterocycles. The van der Waals surface area contributed by atoms with Crippen LogP contribution in [0.15, 0.2) is 58.3 Å². The van der Waals surface area contributed by atoms with Gasteiger partial charge in [-0.15, -0.1) is 0 Å². The number of rotatable bonds is 2. The third-order valence-corrected chi connectivity index (χ3v) is 4.42. The Morgan fingerprint density at radius 1 is 1.11 bits per heavy atom. The lowest BCUT2D eigenvalue weighted by atomic mass is 10.2. The molecule has 9 heteroatoms. The van der Waals surface area contributed by atoms with Gasteiger partial charge in [-0.05, 0) is 30.7 Å². The summed E-state index contributed by atoms with van der Waals surface area (Å²) >= 11 is 0. The Kier molecular flexibility index (Phi) is 3.75. The number of non-ortho nitro benzene ring substituents is 1. The van der Waals surface area contributed by atoms with Crippen molar-refractivity contribution in [2.45, 2.75) is 6.92 Å². The second-order valence-corrected chi connectivity index (χ2v) is 6.13. The van der Waals surface area contributed by atoms with Crippen LogP contribution < -0.4 is 11.1 Å². The van der Waals surface area contributed by atoms with E-state index in [-0.39, 0.29) is 28.0 Å². The molecule has 0 spiro atoms. The second-order valence-electron chi connectivity index (χ2n) is 6.13. The highest BCUT2D eigenvalue weighted by molar-refractivity contribution is 5.80. The number of hydrogen-bond acceptors (Lipinski definition) is 6. The largest absolute Gasteiger partial charge is 0.274 e. The summed E-state index contributed by atoms with van der Waals surface area (Å²) in [4.78, 5) is 40.8. The summed E-state index contributed by atoms with van der Waals surface area (Å²) in [5, 5.41) is 20.5. The number of hydrogen-bond donors (Lipinski definition) is 0. The van der Waals surface area contributed by atoms with E-state index in [1.807, 2.05) is 0 Å². The Bertz CT molecular complexity index is 1460. The monoisotopic (exact) mass is 373 g/mol. The van der Waals surface area contributed by atoms with Crippen LogP contribution >= 0.6 is 0 Å². The van der Waals surface area contributed by atoms with Crippen LogP contribution in [-0.2, 0) is 0 Å². The Morgan fingerprint density at radius 3 is 2.61 bits per heavy atom. The van der Waals surface area contributed by atoms with Gasteiger partial charge in [0.15, 0.2) is 5.65 Å². The van der Waals surface area contributed by atoms with Crippen molar-refractivity contribution in [3.8, 4) is 11.8 Å². The molecule has 0 fully saturated rings. The van der Waals surface area contributed by atoms with E-state index in [0.29, 0.717) is 11.2 Å². The fourth-order valence-electron chi connectivity index (χ4n) is 3.09. The first kappa shape index (κ1) is 17.1. The van der Waals surface area contributed by atoms with Crippen molar-refractivity contribution in [2.75, 3.05) is 0 Å². The van der Waals surface area contributed by atoms with Gasteiger partial charge in [-0.2, -0.15) is 5.26 Å². The minimum atomic E-state index is -0.708. The summed E-state index contributed by atoms with van der Waals surface area (Å²) < 4.78 is 2.40. The lowest BCUT2D eigenvalue weighted by Crippen LogP contribution is -2.26. The molecule has 4 aromatic rings. The van der Waals surface area contributed by atoms with Gasteiger partial charge < -0.3 is 0 Å². The van der Waals surface area contributed by atoms with E-state index in [4.69, 9.17) is 0 Å². The van der Waals surface area contributed by atoms with Crippen molar-refractivity contribution in [1.82, 2.24) is 14.0 Å². The first-order valence-corrected chi connectivity index (χ1v) is 8.15. The number of benzene rings is 1. The molecule has 0 aliphatic rings. The third kappa shape index (κ3) is 2.44. The lowest BCUT2D eigenvalue weighted by Gasteiger charge is -2.12. The van der Waals surface area contributed by atoms with Crippen LogP contribution in [-0.4, -0.2) is 18.9 Å². The van der Waals surface area contributed by atoms with Crippen LogP contribution in [0.3, 0.4) is 0 Å². The van der Waals surface area contributed by atoms with Gasteiger partial charge in [-0.25, -0.2) is 4.98 Å². The first-order chi connectivity index (χ1) is 13.4. The van der Waals surface area contributed by atoms with Crippen molar-refractivity contribution in [3.05, 3.63) is 90.6 Å². The molecule has 3 aromatic heterocycles. The fourth-order valence-corrected chi connectivity index (χ4v) is 3.09. The van der Waals surface area contributed by atoms with Gasteiger partial charge in [0, 0.05) is 18.3 Å². The topological polar surface area (TPSA) is 123 Å². The van der Waals surface area contributed by atoms with E-state index < -0.39 is 16.0 Å². The molecule has 4 rings (SSSR count). The number of aryl methyl sites for hydroxylation is 1. The normalized spacial score (nSPS) is 10.9. The van der Waals surface area contributed by atoms with Crippen LogP contribution in [0.4, 0.5) is 5.69 Å². The van der Waals surface area contributed by atoms with Crippen LogP contribution in [0.5, 0.6) is 0 Å². The number of aromatic nitrogens is 3. The second kappa shape index (κ2) is 6.14. The Labute approximate surface area is 156 Å². The average molecular weight is 373 g/mol. The molecule has 9 nitrogen and oxygen atoms in total. The molecule has 0 aliphatic heterocycles. The molecule has 0 bridgehead atoms. The summed E-state index contributed by atoms with van der Waals surface area (Å²) in [5.41, 5.74) is -0.402. The predicted molar refractivity (Wildman–Crippen MR) is 101 cm³/mol. The summed E-state index contributed by atoms with van der Waals surface area (Å²) in [6.45, 7) is 1.77. The van der Waals surface area contributed by atoms with Gasteiger partial charge in [0.2, 0.25) is 0 Å². The highest BCUT2D eigenvalue weighted by atomic mass is 16.6. The van der Waals surface area contributed by atoms with E-state index in [9.17, 15) is 25.0 Å². The molecular formula is C19H11N5O4. The number of nitriles is 1. The number of fused-ring (bicyclic) bond motifs is 2. The van der Waals surface area contributed by atoms with E-state index in [2.05, 4.69) is 4.98 Å². The summed E-state index contributed by atoms with van der Waals surface area (Å²) in [6, 6.07) is 11.8. The Hall–Kier alpha value is -4.32. The van der Waals surface area contributed by atoms with Crippen molar-refractivity contribution < 1.29 is 4.92 Å². The fraction of sp³-hybridized carbons (Fsp3) is 0.0526. The van der Waals surface area contributed by atoms with Gasteiger partial charge in [-0.1, -0.05) is 12.1 Å². The summed E-state index contributed by atoms with van der Waals surface area (Å²) in [7, 11) is 0. The van der Waals surface area contributed by atoms with E-state index in [0.717, 1.165) is 4.57 Å². The molecule has 0 atom stereocenters. The number of nitrogens with zero attached hydrogens (tertiary/aromatic N) is 5. The van der Waals surface area contributed by atoms with E-state index >= 15 is 0 Å². The molecule has 0 N–H and O–H groups in total. The van der Waals surface area contributed by atoms with Gasteiger partial charge >= 0.3 is 0 Å². The predicted octanol–water partition coefficient (Wildman–Crippen LogP) is 2.09. The summed E-state index contributed by atoms with van der Waals surface area (Å²) in [6.07, 6.45) is 1.55. The van der Waals surface area contributed by atoms with Crippen molar-refractivity contribution in [2.24, 2.45) is 0 Å². The van der Waals surface area contributed by atoms with E-state index in [1.165, 1.54) is 34.7 Å². The maximum Gasteiger partial charge on any atom is 0.274 e. The summed E-state index contributed by atoms with van der Waals surface area (Å²) in [5.74, 6) is 0. The maximum absolute atomic E-state index is 13.0. The molecule has 3 heterocycles. The quantitative estimate of drug-likeness (QED) is 0.301.